The number of benzene rings is 2. The highest BCUT2D eigenvalue weighted by molar-refractivity contribution is 5.46. The van der Waals surface area contributed by atoms with Gasteiger partial charge in [0.15, 0.2) is 0 Å². The molecule has 0 spiro atoms. The lowest BCUT2D eigenvalue weighted by Crippen LogP contribution is -2.40. The summed E-state index contributed by atoms with van der Waals surface area (Å²) in [7, 11) is 0. The van der Waals surface area contributed by atoms with Crippen LogP contribution in [-0.2, 0) is 11.3 Å². The number of hydrogen-bond donors (Lipinski definition) is 1. The van der Waals surface area contributed by atoms with Gasteiger partial charge in [-0.05, 0) is 29.7 Å². The summed E-state index contributed by atoms with van der Waals surface area (Å²) in [6, 6.07) is 20.9. The minimum Gasteiger partial charge on any atom is -0.377 e. The quantitative estimate of drug-likeness (QED) is 0.746. The van der Waals surface area contributed by atoms with Crippen molar-refractivity contribution in [2.75, 3.05) is 30.0 Å². The van der Waals surface area contributed by atoms with Crippen LogP contribution in [0.3, 0.4) is 0 Å². The number of rotatable bonds is 5. The van der Waals surface area contributed by atoms with E-state index in [0.29, 0.717) is 25.7 Å². The second-order valence-electron chi connectivity index (χ2n) is 6.71. The lowest BCUT2D eigenvalue weighted by molar-refractivity contribution is 0.0937. The zero-order valence-corrected chi connectivity index (χ0v) is 15.5. The number of ether oxygens (including phenoxy) is 1. The van der Waals surface area contributed by atoms with Crippen LogP contribution in [0.5, 0.6) is 0 Å². The van der Waals surface area contributed by atoms with Crippen LogP contribution in [0.1, 0.15) is 22.7 Å². The maximum Gasteiger partial charge on any atom is 0.224 e. The summed E-state index contributed by atoms with van der Waals surface area (Å²) in [4.78, 5) is 11.5. The fourth-order valence-electron chi connectivity index (χ4n) is 3.41. The van der Waals surface area contributed by atoms with Crippen LogP contribution in [0.15, 0.2) is 66.9 Å². The first-order chi connectivity index (χ1) is 13.3. The second kappa shape index (κ2) is 8.18. The monoisotopic (exact) mass is 360 g/mol. The van der Waals surface area contributed by atoms with E-state index in [1.165, 1.54) is 16.7 Å². The highest BCUT2D eigenvalue weighted by Gasteiger charge is 2.25. The van der Waals surface area contributed by atoms with Gasteiger partial charge in [-0.3, -0.25) is 0 Å². The highest BCUT2D eigenvalue weighted by atomic mass is 16.5. The third-order valence-corrected chi connectivity index (χ3v) is 4.95. The van der Waals surface area contributed by atoms with Crippen molar-refractivity contribution in [3.05, 3.63) is 83.6 Å². The average Bonchev–Trinajstić information content (AvgIpc) is 2.74. The Hall–Kier alpha value is -2.92. The molecule has 1 fully saturated rings. The molecule has 0 saturated carbocycles. The molecular weight excluding hydrogens is 336 g/mol. The first-order valence-electron chi connectivity index (χ1n) is 9.32. The molecule has 1 aliphatic rings. The van der Waals surface area contributed by atoms with Crippen LogP contribution in [0.4, 0.5) is 11.8 Å². The van der Waals surface area contributed by atoms with Gasteiger partial charge in [-0.25, -0.2) is 4.98 Å². The molecule has 3 aromatic rings. The molecule has 27 heavy (non-hydrogen) atoms. The topological polar surface area (TPSA) is 50.3 Å². The van der Waals surface area contributed by atoms with Crippen LogP contribution in [0.25, 0.3) is 0 Å². The Morgan fingerprint density at radius 1 is 1.07 bits per heavy atom. The van der Waals surface area contributed by atoms with Crippen molar-refractivity contribution in [2.24, 2.45) is 0 Å². The molecule has 0 bridgehead atoms. The molecule has 5 nitrogen and oxygen atoms in total. The predicted molar refractivity (Wildman–Crippen MR) is 108 cm³/mol. The molecule has 1 N–H and O–H groups in total. The van der Waals surface area contributed by atoms with E-state index in [4.69, 9.17) is 9.72 Å². The highest BCUT2D eigenvalue weighted by Crippen LogP contribution is 2.28. The number of nitrogens with one attached hydrogen (secondary N) is 1. The average molecular weight is 360 g/mol. The zero-order chi connectivity index (χ0) is 18.5. The molecule has 1 aromatic heterocycles. The van der Waals surface area contributed by atoms with Gasteiger partial charge >= 0.3 is 0 Å². The van der Waals surface area contributed by atoms with E-state index in [-0.39, 0.29) is 6.04 Å². The van der Waals surface area contributed by atoms with Crippen LogP contribution in [-0.4, -0.2) is 29.7 Å². The van der Waals surface area contributed by atoms with Gasteiger partial charge in [-0.1, -0.05) is 54.6 Å². The predicted octanol–water partition coefficient (Wildman–Crippen LogP) is 3.98. The van der Waals surface area contributed by atoms with Gasteiger partial charge in [0.2, 0.25) is 5.95 Å². The summed E-state index contributed by atoms with van der Waals surface area (Å²) in [5.74, 6) is 1.57. The molecule has 2 heterocycles. The van der Waals surface area contributed by atoms with E-state index in [9.17, 15) is 0 Å². The van der Waals surface area contributed by atoms with Gasteiger partial charge in [-0.15, -0.1) is 0 Å². The van der Waals surface area contributed by atoms with Crippen LogP contribution in [0, 0.1) is 6.92 Å². The number of hydrogen-bond acceptors (Lipinski definition) is 5. The smallest absolute Gasteiger partial charge is 0.224 e. The molecule has 1 aliphatic heterocycles. The normalized spacial score (nSPS) is 16.9. The maximum atomic E-state index is 5.74. The SMILES string of the molecule is Cc1ccccc1CNc1nccc(N2CCOC[C@@H]2c2ccccc2)n1. The van der Waals surface area contributed by atoms with E-state index in [1.807, 2.05) is 18.3 Å². The fourth-order valence-corrected chi connectivity index (χ4v) is 3.41. The summed E-state index contributed by atoms with van der Waals surface area (Å²) in [6.07, 6.45) is 1.82. The van der Waals surface area contributed by atoms with E-state index in [1.54, 1.807) is 0 Å². The number of aryl methyl sites for hydroxylation is 1. The number of anilines is 2. The summed E-state index contributed by atoms with van der Waals surface area (Å²) >= 11 is 0. The van der Waals surface area contributed by atoms with Gasteiger partial charge in [0.25, 0.3) is 0 Å². The lowest BCUT2D eigenvalue weighted by atomic mass is 10.1. The molecule has 0 aliphatic carbocycles. The van der Waals surface area contributed by atoms with Crippen molar-refractivity contribution in [3.8, 4) is 0 Å². The number of aromatic nitrogens is 2. The Morgan fingerprint density at radius 2 is 1.89 bits per heavy atom. The first-order valence-corrected chi connectivity index (χ1v) is 9.32. The molecule has 2 aromatic carbocycles. The fraction of sp³-hybridized carbons (Fsp3) is 0.273. The summed E-state index contributed by atoms with van der Waals surface area (Å²) in [6.45, 7) is 5.01. The Bertz CT molecular complexity index is 884. The lowest BCUT2D eigenvalue weighted by Gasteiger charge is -2.36. The standard InChI is InChI=1S/C22H24N4O/c1-17-7-5-6-10-19(17)15-24-22-23-12-11-21(25-22)26-13-14-27-16-20(26)18-8-3-2-4-9-18/h2-12,20H,13-16H2,1H3,(H,23,24,25)/t20-/m1/s1. The minimum atomic E-state index is 0.166. The second-order valence-corrected chi connectivity index (χ2v) is 6.71. The minimum absolute atomic E-state index is 0.166. The van der Waals surface area contributed by atoms with Crippen molar-refractivity contribution in [3.63, 3.8) is 0 Å². The molecule has 1 saturated heterocycles. The van der Waals surface area contributed by atoms with Gasteiger partial charge in [0, 0.05) is 19.3 Å². The van der Waals surface area contributed by atoms with Gasteiger partial charge in [-0.2, -0.15) is 4.98 Å². The van der Waals surface area contributed by atoms with Crippen LogP contribution >= 0.6 is 0 Å². The molecule has 5 heteroatoms. The molecule has 4 rings (SSSR count). The largest absolute Gasteiger partial charge is 0.377 e. The molecular formula is C22H24N4O. The molecule has 0 amide bonds. The van der Waals surface area contributed by atoms with E-state index >= 15 is 0 Å². The Morgan fingerprint density at radius 3 is 2.74 bits per heavy atom. The summed E-state index contributed by atoms with van der Waals surface area (Å²) < 4.78 is 5.74. The number of morpholine rings is 1. The molecule has 0 unspecified atom stereocenters. The van der Waals surface area contributed by atoms with E-state index in [2.05, 4.69) is 70.7 Å². The first kappa shape index (κ1) is 17.5. The van der Waals surface area contributed by atoms with Crippen molar-refractivity contribution in [2.45, 2.75) is 19.5 Å². The molecule has 1 atom stereocenters. The maximum absolute atomic E-state index is 5.74. The van der Waals surface area contributed by atoms with Gasteiger partial charge < -0.3 is 15.0 Å². The Labute approximate surface area is 160 Å². The van der Waals surface area contributed by atoms with Crippen LogP contribution < -0.4 is 10.2 Å². The van der Waals surface area contributed by atoms with Crippen molar-refractivity contribution in [1.29, 1.82) is 0 Å². The van der Waals surface area contributed by atoms with E-state index < -0.39 is 0 Å². The van der Waals surface area contributed by atoms with Crippen LogP contribution in [0.2, 0.25) is 0 Å². The third-order valence-electron chi connectivity index (χ3n) is 4.95. The van der Waals surface area contributed by atoms with Crippen molar-refractivity contribution < 1.29 is 4.74 Å². The van der Waals surface area contributed by atoms with Crippen molar-refractivity contribution >= 4 is 11.8 Å². The Balaban J connectivity index is 1.53. The Kier molecular flexibility index (Phi) is 5.30. The van der Waals surface area contributed by atoms with Gasteiger partial charge in [0.05, 0.1) is 19.3 Å². The van der Waals surface area contributed by atoms with Gasteiger partial charge in [0.1, 0.15) is 5.82 Å². The molecule has 138 valence electrons. The van der Waals surface area contributed by atoms with E-state index in [0.717, 1.165) is 12.4 Å². The summed E-state index contributed by atoms with van der Waals surface area (Å²) in [5.41, 5.74) is 3.75. The zero-order valence-electron chi connectivity index (χ0n) is 15.5. The molecule has 0 radical (unpaired) electrons. The number of nitrogens with zero attached hydrogens (tertiary/aromatic N) is 3. The third kappa shape index (κ3) is 4.09. The summed E-state index contributed by atoms with van der Waals surface area (Å²) in [5, 5.41) is 3.36. The van der Waals surface area contributed by atoms with Crippen molar-refractivity contribution in [1.82, 2.24) is 9.97 Å².